The van der Waals surface area contributed by atoms with E-state index in [9.17, 15) is 24.5 Å². The number of imide groups is 1. The lowest BCUT2D eigenvalue weighted by Crippen LogP contribution is -2.42. The third-order valence-corrected chi connectivity index (χ3v) is 3.56. The molecule has 26 heavy (non-hydrogen) atoms. The number of nitro groups is 1. The van der Waals surface area contributed by atoms with Crippen molar-refractivity contribution in [1.29, 1.82) is 0 Å². The number of benzene rings is 2. The maximum atomic E-state index is 12.4. The minimum atomic E-state index is -1.17. The Morgan fingerprint density at radius 3 is 2.46 bits per heavy atom. The molecule has 0 unspecified atom stereocenters. The first kappa shape index (κ1) is 18.9. The molecule has 2 rings (SSSR count). The van der Waals surface area contributed by atoms with Gasteiger partial charge in [-0.15, -0.1) is 0 Å². The second-order valence-electron chi connectivity index (χ2n) is 5.13. The predicted molar refractivity (Wildman–Crippen MR) is 95.8 cm³/mol. The second kappa shape index (κ2) is 7.62. The third kappa shape index (κ3) is 4.14. The van der Waals surface area contributed by atoms with Gasteiger partial charge in [-0.25, -0.2) is 4.90 Å². The van der Waals surface area contributed by atoms with Crippen molar-refractivity contribution in [3.8, 4) is 0 Å². The van der Waals surface area contributed by atoms with Gasteiger partial charge in [-0.2, -0.15) is 0 Å². The number of hydrogen-bond acceptors (Lipinski definition) is 6. The van der Waals surface area contributed by atoms with Gasteiger partial charge in [0.05, 0.1) is 10.6 Å². The van der Waals surface area contributed by atoms with Gasteiger partial charge < -0.3 is 11.1 Å². The Bertz CT molecular complexity index is 915. The molecular weight excluding hydrogens is 364 g/mol. The van der Waals surface area contributed by atoms with Crippen LogP contribution in [-0.4, -0.2) is 22.6 Å². The first-order valence-electron chi connectivity index (χ1n) is 7.16. The van der Waals surface area contributed by atoms with E-state index in [1.807, 2.05) is 0 Å². The molecule has 10 heteroatoms. The summed E-state index contributed by atoms with van der Waals surface area (Å²) in [5, 5.41) is 13.0. The summed E-state index contributed by atoms with van der Waals surface area (Å²) < 4.78 is 0. The Labute approximate surface area is 152 Å². The van der Waals surface area contributed by atoms with Crippen molar-refractivity contribution in [2.24, 2.45) is 0 Å². The Morgan fingerprint density at radius 2 is 1.88 bits per heavy atom. The van der Waals surface area contributed by atoms with Crippen LogP contribution in [0, 0.1) is 10.1 Å². The van der Waals surface area contributed by atoms with Gasteiger partial charge in [0.1, 0.15) is 5.02 Å². The van der Waals surface area contributed by atoms with Gasteiger partial charge in [-0.1, -0.05) is 17.7 Å². The van der Waals surface area contributed by atoms with E-state index < -0.39 is 28.3 Å². The largest absolute Gasteiger partial charge is 0.399 e. The molecule has 2 aromatic carbocycles. The number of carbonyl (C=O) groups excluding carboxylic acids is 3. The van der Waals surface area contributed by atoms with Gasteiger partial charge in [0.15, 0.2) is 0 Å². The first-order chi connectivity index (χ1) is 12.2. The highest BCUT2D eigenvalue weighted by molar-refractivity contribution is 6.48. The van der Waals surface area contributed by atoms with Crippen LogP contribution < -0.4 is 16.0 Å². The number of amides is 3. The minimum Gasteiger partial charge on any atom is -0.399 e. The number of carbonyl (C=O) groups is 3. The van der Waals surface area contributed by atoms with Gasteiger partial charge in [-0.3, -0.25) is 24.5 Å². The summed E-state index contributed by atoms with van der Waals surface area (Å²) in [6.45, 7) is 1.11. The van der Waals surface area contributed by atoms with E-state index in [4.69, 9.17) is 17.3 Å². The fraction of sp³-hybridized carbons (Fsp3) is 0.0625. The molecule has 0 aliphatic heterocycles. The number of anilines is 3. The standard InChI is InChI=1S/C16H13ClN4O5/c1-9(22)20(12-4-2-3-10(18)7-12)16(24)15(23)19-11-5-6-13(17)14(8-11)21(25)26/h2-8H,18H2,1H3,(H,19,23). The minimum absolute atomic E-state index is 0.0180. The van der Waals surface area contributed by atoms with E-state index in [-0.39, 0.29) is 16.4 Å². The van der Waals surface area contributed by atoms with Crippen molar-refractivity contribution in [1.82, 2.24) is 0 Å². The molecule has 0 heterocycles. The predicted octanol–water partition coefficient (Wildman–Crippen LogP) is 2.35. The first-order valence-corrected chi connectivity index (χ1v) is 7.54. The van der Waals surface area contributed by atoms with Crippen molar-refractivity contribution in [2.45, 2.75) is 6.92 Å². The van der Waals surface area contributed by atoms with Crippen LogP contribution in [0.2, 0.25) is 5.02 Å². The van der Waals surface area contributed by atoms with Gasteiger partial charge in [0.25, 0.3) is 5.69 Å². The average Bonchev–Trinajstić information content (AvgIpc) is 2.56. The average molecular weight is 377 g/mol. The summed E-state index contributed by atoms with van der Waals surface area (Å²) in [6.07, 6.45) is 0. The highest BCUT2D eigenvalue weighted by Gasteiger charge is 2.27. The molecule has 0 atom stereocenters. The second-order valence-corrected chi connectivity index (χ2v) is 5.54. The molecule has 0 saturated carbocycles. The van der Waals surface area contributed by atoms with Crippen molar-refractivity contribution in [2.75, 3.05) is 16.0 Å². The van der Waals surface area contributed by atoms with Gasteiger partial charge in [0, 0.05) is 24.4 Å². The van der Waals surface area contributed by atoms with Crippen molar-refractivity contribution in [3.05, 3.63) is 57.6 Å². The Morgan fingerprint density at radius 1 is 1.19 bits per heavy atom. The zero-order valence-corrected chi connectivity index (χ0v) is 14.2. The molecule has 9 nitrogen and oxygen atoms in total. The lowest BCUT2D eigenvalue weighted by atomic mass is 10.2. The maximum Gasteiger partial charge on any atom is 0.323 e. The fourth-order valence-electron chi connectivity index (χ4n) is 2.12. The molecule has 0 aliphatic rings. The smallest absolute Gasteiger partial charge is 0.323 e. The molecule has 0 saturated heterocycles. The van der Waals surface area contributed by atoms with Gasteiger partial charge in [-0.05, 0) is 30.3 Å². The number of nitrogens with two attached hydrogens (primary N) is 1. The molecule has 0 aliphatic carbocycles. The van der Waals surface area contributed by atoms with Crippen molar-refractivity contribution in [3.63, 3.8) is 0 Å². The highest BCUT2D eigenvalue weighted by atomic mass is 35.5. The van der Waals surface area contributed by atoms with E-state index in [1.165, 1.54) is 30.3 Å². The van der Waals surface area contributed by atoms with Crippen LogP contribution in [0.5, 0.6) is 0 Å². The SMILES string of the molecule is CC(=O)N(C(=O)C(=O)Nc1ccc(Cl)c([N+](=O)[O-])c1)c1cccc(N)c1. The lowest BCUT2D eigenvalue weighted by molar-refractivity contribution is -0.384. The molecular formula is C16H13ClN4O5. The van der Waals surface area contributed by atoms with E-state index in [2.05, 4.69) is 5.32 Å². The van der Waals surface area contributed by atoms with Crippen LogP contribution in [0.4, 0.5) is 22.7 Å². The summed E-state index contributed by atoms with van der Waals surface area (Å²) in [5.74, 6) is -3.02. The summed E-state index contributed by atoms with van der Waals surface area (Å²) in [6, 6.07) is 9.38. The number of nitrogens with zero attached hydrogens (tertiary/aromatic N) is 2. The van der Waals surface area contributed by atoms with Gasteiger partial charge >= 0.3 is 11.8 Å². The highest BCUT2D eigenvalue weighted by Crippen LogP contribution is 2.27. The molecule has 0 radical (unpaired) electrons. The zero-order valence-electron chi connectivity index (χ0n) is 13.4. The molecule has 2 aromatic rings. The monoisotopic (exact) mass is 376 g/mol. The van der Waals surface area contributed by atoms with Crippen LogP contribution >= 0.6 is 11.6 Å². The Kier molecular flexibility index (Phi) is 5.53. The molecule has 0 spiro atoms. The van der Waals surface area contributed by atoms with E-state index >= 15 is 0 Å². The molecule has 3 amide bonds. The lowest BCUT2D eigenvalue weighted by Gasteiger charge is -2.19. The summed E-state index contributed by atoms with van der Waals surface area (Å²) in [4.78, 5) is 47.2. The van der Waals surface area contributed by atoms with E-state index in [0.29, 0.717) is 10.6 Å². The van der Waals surface area contributed by atoms with E-state index in [1.54, 1.807) is 6.07 Å². The third-order valence-electron chi connectivity index (χ3n) is 3.24. The van der Waals surface area contributed by atoms with Crippen LogP contribution in [0.25, 0.3) is 0 Å². The van der Waals surface area contributed by atoms with Crippen LogP contribution in [0.15, 0.2) is 42.5 Å². The summed E-state index contributed by atoms with van der Waals surface area (Å²) in [5.41, 5.74) is 5.60. The number of halogens is 1. The summed E-state index contributed by atoms with van der Waals surface area (Å²) >= 11 is 5.69. The molecule has 0 bridgehead atoms. The topological polar surface area (TPSA) is 136 Å². The fourth-order valence-corrected chi connectivity index (χ4v) is 2.31. The summed E-state index contributed by atoms with van der Waals surface area (Å²) in [7, 11) is 0. The van der Waals surface area contributed by atoms with Crippen LogP contribution in [-0.2, 0) is 14.4 Å². The van der Waals surface area contributed by atoms with Crippen molar-refractivity contribution >= 4 is 52.1 Å². The number of hydrogen-bond donors (Lipinski definition) is 2. The van der Waals surface area contributed by atoms with Crippen LogP contribution in [0.1, 0.15) is 6.92 Å². The number of rotatable bonds is 3. The Balaban J connectivity index is 2.27. The van der Waals surface area contributed by atoms with E-state index in [0.717, 1.165) is 13.0 Å². The molecule has 0 aromatic heterocycles. The number of nitrogens with one attached hydrogen (secondary N) is 1. The molecule has 0 fully saturated rings. The number of nitro benzene ring substituents is 1. The van der Waals surface area contributed by atoms with Crippen molar-refractivity contribution < 1.29 is 19.3 Å². The number of nitrogen functional groups attached to an aromatic ring is 1. The molecule has 3 N–H and O–H groups in total. The Hall–Kier alpha value is -3.46. The van der Waals surface area contributed by atoms with Gasteiger partial charge in [0.2, 0.25) is 5.91 Å². The van der Waals surface area contributed by atoms with Crippen LogP contribution in [0.3, 0.4) is 0 Å². The normalized spacial score (nSPS) is 10.1. The maximum absolute atomic E-state index is 12.4. The quantitative estimate of drug-likeness (QED) is 0.365. The zero-order chi connectivity index (χ0) is 19.4. The molecule has 134 valence electrons.